The number of para-hydroxylation sites is 1. The molecule has 0 amide bonds. The summed E-state index contributed by atoms with van der Waals surface area (Å²) in [5, 5.41) is 5.02. The summed E-state index contributed by atoms with van der Waals surface area (Å²) < 4.78 is 3.58. The van der Waals surface area contributed by atoms with Crippen molar-refractivity contribution in [2.24, 2.45) is 0 Å². The van der Waals surface area contributed by atoms with Gasteiger partial charge in [-0.2, -0.15) is 0 Å². The van der Waals surface area contributed by atoms with Crippen molar-refractivity contribution in [3.8, 4) is 11.1 Å². The quantitative estimate of drug-likeness (QED) is 0.162. The smallest absolute Gasteiger partial charge is 0.0493 e. The zero-order chi connectivity index (χ0) is 33.4. The summed E-state index contributed by atoms with van der Waals surface area (Å²) in [6.07, 6.45) is 0. The topological polar surface area (TPSA) is 6.48 Å². The molecule has 238 valence electrons. The summed E-state index contributed by atoms with van der Waals surface area (Å²) in [6, 6.07) is 67.6. The van der Waals surface area contributed by atoms with Crippen molar-refractivity contribution in [2.45, 2.75) is 0 Å². The van der Waals surface area contributed by atoms with Crippen molar-refractivity contribution in [1.29, 1.82) is 0 Å². The fourth-order valence-corrected chi connectivity index (χ4v) is 8.50. The van der Waals surface area contributed by atoms with Gasteiger partial charge in [-0.25, -0.2) is 0 Å². The SMILES string of the molecule is Brc1cc(N(c2ccccc2)c2ccc(-c3ccccc3)cc2)cc(N(c2ccc3ccccc3c2)c2ccc3c(c2)sc2ccccc23)c1. The first-order valence-corrected chi connectivity index (χ1v) is 18.3. The van der Waals surface area contributed by atoms with Crippen LogP contribution in [0.2, 0.25) is 0 Å². The Kier molecular flexibility index (Phi) is 7.89. The van der Waals surface area contributed by atoms with Gasteiger partial charge in [0.2, 0.25) is 0 Å². The van der Waals surface area contributed by atoms with Gasteiger partial charge in [0.1, 0.15) is 0 Å². The third-order valence-electron chi connectivity index (χ3n) is 9.24. The summed E-state index contributed by atoms with van der Waals surface area (Å²) in [7, 11) is 0. The average Bonchev–Trinajstić information content (AvgIpc) is 3.54. The first-order valence-electron chi connectivity index (χ1n) is 16.7. The molecule has 0 saturated heterocycles. The van der Waals surface area contributed by atoms with E-state index in [-0.39, 0.29) is 0 Å². The highest BCUT2D eigenvalue weighted by molar-refractivity contribution is 9.10. The Hall–Kier alpha value is -5.68. The molecule has 0 bridgehead atoms. The summed E-state index contributed by atoms with van der Waals surface area (Å²) >= 11 is 5.78. The number of anilines is 6. The molecule has 0 N–H and O–H groups in total. The van der Waals surface area contributed by atoms with Gasteiger partial charge < -0.3 is 9.80 Å². The van der Waals surface area contributed by atoms with Crippen LogP contribution in [0.15, 0.2) is 193 Å². The molecule has 0 spiro atoms. The van der Waals surface area contributed by atoms with Gasteiger partial charge in [0.05, 0.1) is 0 Å². The molecule has 4 heteroatoms. The van der Waals surface area contributed by atoms with E-state index in [2.05, 4.69) is 214 Å². The Morgan fingerprint density at radius 1 is 0.340 bits per heavy atom. The molecule has 0 saturated carbocycles. The Labute approximate surface area is 304 Å². The van der Waals surface area contributed by atoms with E-state index in [4.69, 9.17) is 0 Å². The number of thiophene rings is 1. The fraction of sp³-hybridized carbons (Fsp3) is 0. The van der Waals surface area contributed by atoms with Gasteiger partial charge in [-0.3, -0.25) is 0 Å². The second kappa shape index (κ2) is 13.0. The Bertz CT molecular complexity index is 2610. The minimum atomic E-state index is 1.00. The highest BCUT2D eigenvalue weighted by atomic mass is 79.9. The zero-order valence-electron chi connectivity index (χ0n) is 27.1. The lowest BCUT2D eigenvalue weighted by atomic mass is 10.0. The maximum atomic E-state index is 3.93. The maximum absolute atomic E-state index is 3.93. The summed E-state index contributed by atoms with van der Waals surface area (Å²) in [6.45, 7) is 0. The van der Waals surface area contributed by atoms with Crippen molar-refractivity contribution in [3.05, 3.63) is 193 Å². The number of nitrogens with zero attached hydrogens (tertiary/aromatic N) is 2. The van der Waals surface area contributed by atoms with Crippen molar-refractivity contribution < 1.29 is 0 Å². The number of fused-ring (bicyclic) bond motifs is 4. The lowest BCUT2D eigenvalue weighted by Gasteiger charge is -2.30. The molecule has 0 aliphatic rings. The highest BCUT2D eigenvalue weighted by Crippen LogP contribution is 2.45. The Balaban J connectivity index is 1.22. The van der Waals surface area contributed by atoms with E-state index in [0.29, 0.717) is 0 Å². The van der Waals surface area contributed by atoms with Crippen LogP contribution in [-0.4, -0.2) is 0 Å². The van der Waals surface area contributed by atoms with Crippen LogP contribution in [0.25, 0.3) is 42.1 Å². The van der Waals surface area contributed by atoms with Gasteiger partial charge in [-0.1, -0.05) is 131 Å². The molecule has 0 fully saturated rings. The second-order valence-corrected chi connectivity index (χ2v) is 14.4. The molecular formula is C46H31BrN2S. The van der Waals surface area contributed by atoms with Crippen LogP contribution >= 0.6 is 27.3 Å². The van der Waals surface area contributed by atoms with Gasteiger partial charge in [0, 0.05) is 58.8 Å². The van der Waals surface area contributed by atoms with Crippen LogP contribution in [0.1, 0.15) is 0 Å². The molecule has 0 radical (unpaired) electrons. The number of benzene rings is 8. The summed E-state index contributed by atoms with van der Waals surface area (Å²) in [4.78, 5) is 4.71. The molecule has 8 aromatic carbocycles. The van der Waals surface area contributed by atoms with E-state index in [1.54, 1.807) is 0 Å². The van der Waals surface area contributed by atoms with E-state index in [1.165, 1.54) is 42.1 Å². The second-order valence-electron chi connectivity index (χ2n) is 12.4. The Morgan fingerprint density at radius 3 is 1.66 bits per heavy atom. The molecule has 9 aromatic rings. The monoisotopic (exact) mass is 722 g/mol. The predicted octanol–water partition coefficient (Wildman–Crippen LogP) is 14.6. The van der Waals surface area contributed by atoms with Gasteiger partial charge in [0.25, 0.3) is 0 Å². The van der Waals surface area contributed by atoms with Crippen molar-refractivity contribution in [2.75, 3.05) is 9.80 Å². The lowest BCUT2D eigenvalue weighted by molar-refractivity contribution is 1.25. The van der Waals surface area contributed by atoms with E-state index in [9.17, 15) is 0 Å². The van der Waals surface area contributed by atoms with Crippen LogP contribution in [0.4, 0.5) is 34.1 Å². The maximum Gasteiger partial charge on any atom is 0.0493 e. The number of rotatable bonds is 7. The highest BCUT2D eigenvalue weighted by Gasteiger charge is 2.20. The van der Waals surface area contributed by atoms with E-state index < -0.39 is 0 Å². The molecule has 0 aliphatic carbocycles. The summed E-state index contributed by atoms with van der Waals surface area (Å²) in [5.74, 6) is 0. The zero-order valence-corrected chi connectivity index (χ0v) is 29.5. The molecule has 2 nitrogen and oxygen atoms in total. The molecular weight excluding hydrogens is 692 g/mol. The van der Waals surface area contributed by atoms with Crippen molar-refractivity contribution in [3.63, 3.8) is 0 Å². The molecule has 50 heavy (non-hydrogen) atoms. The minimum absolute atomic E-state index is 1.00. The molecule has 1 aromatic heterocycles. The van der Waals surface area contributed by atoms with E-state index in [0.717, 1.165) is 38.6 Å². The number of halogens is 1. The van der Waals surface area contributed by atoms with Gasteiger partial charge in [-0.05, 0) is 94.7 Å². The molecule has 1 heterocycles. The first kappa shape index (κ1) is 30.4. The summed E-state index contributed by atoms with van der Waals surface area (Å²) in [5.41, 5.74) is 8.91. The van der Waals surface area contributed by atoms with Crippen molar-refractivity contribution in [1.82, 2.24) is 0 Å². The van der Waals surface area contributed by atoms with E-state index >= 15 is 0 Å². The fourth-order valence-electron chi connectivity index (χ4n) is 6.89. The third kappa shape index (κ3) is 5.73. The Morgan fingerprint density at radius 2 is 0.880 bits per heavy atom. The van der Waals surface area contributed by atoms with Crippen LogP contribution < -0.4 is 9.80 Å². The van der Waals surface area contributed by atoms with Gasteiger partial charge >= 0.3 is 0 Å². The number of hydrogen-bond donors (Lipinski definition) is 0. The van der Waals surface area contributed by atoms with Gasteiger partial charge in [-0.15, -0.1) is 11.3 Å². The van der Waals surface area contributed by atoms with Crippen LogP contribution in [0, 0.1) is 0 Å². The predicted molar refractivity (Wildman–Crippen MR) is 219 cm³/mol. The van der Waals surface area contributed by atoms with Crippen LogP contribution in [0.5, 0.6) is 0 Å². The first-order chi connectivity index (χ1) is 24.7. The number of hydrogen-bond acceptors (Lipinski definition) is 3. The normalized spacial score (nSPS) is 11.3. The van der Waals surface area contributed by atoms with Crippen LogP contribution in [-0.2, 0) is 0 Å². The molecule has 9 rings (SSSR count). The molecule has 0 atom stereocenters. The van der Waals surface area contributed by atoms with Crippen LogP contribution in [0.3, 0.4) is 0 Å². The minimum Gasteiger partial charge on any atom is -0.310 e. The standard InChI is InChI=1S/C46H31BrN2S/c47-36-28-41(48(37-15-5-2-6-16-37)38-22-19-34(20-23-38)32-11-3-1-4-12-32)30-42(29-36)49(39-24-21-33-13-7-8-14-35(33)27-39)40-25-26-44-43-17-9-10-18-45(43)50-46(44)31-40/h1-31H. The van der Waals surface area contributed by atoms with Crippen molar-refractivity contribution >= 4 is 92.3 Å². The third-order valence-corrected chi connectivity index (χ3v) is 10.8. The average molecular weight is 724 g/mol. The lowest BCUT2D eigenvalue weighted by Crippen LogP contribution is -2.13. The largest absolute Gasteiger partial charge is 0.310 e. The van der Waals surface area contributed by atoms with E-state index in [1.807, 2.05) is 11.3 Å². The van der Waals surface area contributed by atoms with Gasteiger partial charge in [0.15, 0.2) is 0 Å². The molecule has 0 unspecified atom stereocenters. The molecule has 0 aliphatic heterocycles.